The van der Waals surface area contributed by atoms with Gasteiger partial charge in [-0.05, 0) is 66.9 Å². The van der Waals surface area contributed by atoms with Crippen molar-refractivity contribution in [3.05, 3.63) is 103 Å². The lowest BCUT2D eigenvalue weighted by Crippen LogP contribution is -2.25. The minimum Gasteiger partial charge on any atom is -0.488 e. The van der Waals surface area contributed by atoms with Gasteiger partial charge in [0.05, 0.1) is 22.7 Å². The Bertz CT molecular complexity index is 1580. The molecule has 0 amide bonds. The number of hydrogen-bond acceptors (Lipinski definition) is 5. The molecule has 3 aromatic carbocycles. The van der Waals surface area contributed by atoms with Crippen LogP contribution in [0.1, 0.15) is 65.3 Å². The second-order valence-electron chi connectivity index (χ2n) is 9.30. The first-order valence-electron chi connectivity index (χ1n) is 12.4. The number of halogens is 2. The fourth-order valence-corrected chi connectivity index (χ4v) is 5.22. The molecule has 5 rings (SSSR count). The van der Waals surface area contributed by atoms with E-state index in [0.29, 0.717) is 33.1 Å². The minimum atomic E-state index is -0.980. The van der Waals surface area contributed by atoms with Gasteiger partial charge in [0.25, 0.3) is 5.56 Å². The van der Waals surface area contributed by atoms with Crippen LogP contribution >= 0.6 is 27.5 Å². The summed E-state index contributed by atoms with van der Waals surface area (Å²) in [6.45, 7) is 0.223. The zero-order valence-electron chi connectivity index (χ0n) is 20.4. The average molecular weight is 595 g/mol. The van der Waals surface area contributed by atoms with Crippen molar-refractivity contribution in [2.24, 2.45) is 5.10 Å². The summed E-state index contributed by atoms with van der Waals surface area (Å²) < 4.78 is 8.24. The van der Waals surface area contributed by atoms with Gasteiger partial charge in [-0.3, -0.25) is 4.79 Å². The van der Waals surface area contributed by atoms with Crippen LogP contribution in [0.4, 0.5) is 0 Å². The van der Waals surface area contributed by atoms with Crippen LogP contribution in [-0.4, -0.2) is 27.0 Å². The molecule has 0 aliphatic heterocycles. The van der Waals surface area contributed by atoms with E-state index in [1.807, 2.05) is 12.1 Å². The van der Waals surface area contributed by atoms with Gasteiger partial charge in [-0.15, -0.1) is 0 Å². The Labute approximate surface area is 232 Å². The van der Waals surface area contributed by atoms with Gasteiger partial charge >= 0.3 is 5.97 Å². The number of rotatable bonds is 7. The highest BCUT2D eigenvalue weighted by molar-refractivity contribution is 9.10. The van der Waals surface area contributed by atoms with E-state index in [-0.39, 0.29) is 23.6 Å². The third-order valence-electron chi connectivity index (χ3n) is 6.68. The molecule has 0 bridgehead atoms. The molecule has 1 N–H and O–H groups in total. The Morgan fingerprint density at radius 3 is 2.61 bits per heavy atom. The molecule has 7 nitrogen and oxygen atoms in total. The lowest BCUT2D eigenvalue weighted by molar-refractivity contribution is 0.0697. The number of carboxylic acid groups (broad SMARTS) is 1. The summed E-state index contributed by atoms with van der Waals surface area (Å²) >= 11 is 9.74. The van der Waals surface area contributed by atoms with E-state index in [9.17, 15) is 9.59 Å². The van der Waals surface area contributed by atoms with Gasteiger partial charge in [-0.2, -0.15) is 9.78 Å². The van der Waals surface area contributed by atoms with Crippen molar-refractivity contribution >= 4 is 50.6 Å². The number of fused-ring (bicyclic) bond motifs is 1. The van der Waals surface area contributed by atoms with Crippen molar-refractivity contribution in [3.63, 3.8) is 0 Å². The Morgan fingerprint density at radius 2 is 1.87 bits per heavy atom. The molecule has 1 aliphatic rings. The molecule has 1 fully saturated rings. The quantitative estimate of drug-likeness (QED) is 0.232. The molecular weight excluding hydrogens is 570 g/mol. The van der Waals surface area contributed by atoms with Crippen molar-refractivity contribution in [1.82, 2.24) is 9.66 Å². The highest BCUT2D eigenvalue weighted by Gasteiger charge is 2.22. The molecule has 194 valence electrons. The molecule has 1 saturated carbocycles. The zero-order valence-corrected chi connectivity index (χ0v) is 22.8. The first-order chi connectivity index (χ1) is 18.4. The van der Waals surface area contributed by atoms with E-state index in [0.717, 1.165) is 35.7 Å². The third kappa shape index (κ3) is 5.81. The number of benzene rings is 3. The Balaban J connectivity index is 1.49. The normalized spacial score (nSPS) is 14.3. The number of hydrogen-bond donors (Lipinski definition) is 1. The van der Waals surface area contributed by atoms with Crippen molar-refractivity contribution in [1.29, 1.82) is 0 Å². The molecule has 1 aliphatic carbocycles. The molecule has 4 aromatic rings. The minimum absolute atomic E-state index is 0.158. The number of aromatic nitrogens is 2. The molecule has 0 atom stereocenters. The molecule has 9 heteroatoms. The topological polar surface area (TPSA) is 93.8 Å². The van der Waals surface area contributed by atoms with Crippen LogP contribution in [0.25, 0.3) is 10.9 Å². The van der Waals surface area contributed by atoms with E-state index < -0.39 is 5.97 Å². The molecule has 1 aromatic heterocycles. The highest BCUT2D eigenvalue weighted by Crippen LogP contribution is 2.32. The summed E-state index contributed by atoms with van der Waals surface area (Å²) in [6.07, 6.45) is 6.90. The summed E-state index contributed by atoms with van der Waals surface area (Å²) in [6, 6.07) is 17.2. The zero-order chi connectivity index (χ0) is 26.6. The second-order valence-corrected chi connectivity index (χ2v) is 10.7. The van der Waals surface area contributed by atoms with Gasteiger partial charge in [-0.25, -0.2) is 9.78 Å². The first-order valence-corrected chi connectivity index (χ1v) is 13.6. The van der Waals surface area contributed by atoms with E-state index in [2.05, 4.69) is 21.0 Å². The maximum atomic E-state index is 13.6. The maximum Gasteiger partial charge on any atom is 0.335 e. The van der Waals surface area contributed by atoms with E-state index >= 15 is 0 Å². The lowest BCUT2D eigenvalue weighted by atomic mass is 9.88. The van der Waals surface area contributed by atoms with Crippen LogP contribution in [0, 0.1) is 0 Å². The van der Waals surface area contributed by atoms with Gasteiger partial charge in [-0.1, -0.05) is 58.9 Å². The number of ether oxygens (including phenoxy) is 1. The predicted molar refractivity (Wildman–Crippen MR) is 152 cm³/mol. The van der Waals surface area contributed by atoms with E-state index in [1.54, 1.807) is 42.6 Å². The number of carboxylic acids is 1. The van der Waals surface area contributed by atoms with Gasteiger partial charge in [0.15, 0.2) is 0 Å². The fourth-order valence-electron chi connectivity index (χ4n) is 4.68. The van der Waals surface area contributed by atoms with Gasteiger partial charge in [0, 0.05) is 21.0 Å². The largest absolute Gasteiger partial charge is 0.488 e. The lowest BCUT2D eigenvalue weighted by Gasteiger charge is -2.22. The Hall–Kier alpha value is -3.49. The summed E-state index contributed by atoms with van der Waals surface area (Å²) in [4.78, 5) is 29.6. The number of aromatic carboxylic acids is 1. The van der Waals surface area contributed by atoms with Crippen LogP contribution < -0.4 is 10.3 Å². The van der Waals surface area contributed by atoms with Crippen LogP contribution in [0.3, 0.4) is 0 Å². The smallest absolute Gasteiger partial charge is 0.335 e. The molecule has 0 radical (unpaired) electrons. The molecule has 0 unspecified atom stereocenters. The monoisotopic (exact) mass is 593 g/mol. The van der Waals surface area contributed by atoms with Gasteiger partial charge in [0.1, 0.15) is 18.2 Å². The highest BCUT2D eigenvalue weighted by atomic mass is 79.9. The standard InChI is InChI=1S/C29H25BrClN3O4/c30-22-10-12-25-24(15-22)28(35)34(27(33-25)19-4-2-1-3-5-19)32-16-21-14-23(31)11-13-26(21)38-17-18-6-8-20(9-7-18)29(36)37/h6-16,19H,1-5,17H2,(H,36,37). The van der Waals surface area contributed by atoms with Crippen LogP contribution in [-0.2, 0) is 6.61 Å². The summed E-state index contributed by atoms with van der Waals surface area (Å²) in [5.41, 5.74) is 2.06. The third-order valence-corrected chi connectivity index (χ3v) is 7.41. The SMILES string of the molecule is O=C(O)c1ccc(COc2ccc(Cl)cc2C=Nn2c(C3CCCCC3)nc3ccc(Br)cc3c2=O)cc1. The maximum absolute atomic E-state index is 13.6. The number of nitrogens with zero attached hydrogens (tertiary/aromatic N) is 3. The molecule has 38 heavy (non-hydrogen) atoms. The number of carbonyl (C=O) groups is 1. The van der Waals surface area contributed by atoms with Crippen LogP contribution in [0.15, 0.2) is 75.0 Å². The molecular formula is C29H25BrClN3O4. The van der Waals surface area contributed by atoms with Crippen LogP contribution in [0.5, 0.6) is 5.75 Å². The van der Waals surface area contributed by atoms with Crippen molar-refractivity contribution in [2.75, 3.05) is 0 Å². The molecule has 1 heterocycles. The van der Waals surface area contributed by atoms with Gasteiger partial charge < -0.3 is 9.84 Å². The van der Waals surface area contributed by atoms with Crippen LogP contribution in [0.2, 0.25) is 5.02 Å². The van der Waals surface area contributed by atoms with E-state index in [4.69, 9.17) is 26.4 Å². The average Bonchev–Trinajstić information content (AvgIpc) is 2.93. The Kier molecular flexibility index (Phi) is 7.90. The fraction of sp³-hybridized carbons (Fsp3) is 0.241. The van der Waals surface area contributed by atoms with Crippen molar-refractivity contribution in [3.8, 4) is 5.75 Å². The summed E-state index contributed by atoms with van der Waals surface area (Å²) in [5, 5.41) is 14.7. The predicted octanol–water partition coefficient (Wildman–Crippen LogP) is 7.02. The van der Waals surface area contributed by atoms with E-state index in [1.165, 1.54) is 23.2 Å². The summed E-state index contributed by atoms with van der Waals surface area (Å²) in [7, 11) is 0. The second kappa shape index (κ2) is 11.5. The van der Waals surface area contributed by atoms with Gasteiger partial charge in [0.2, 0.25) is 0 Å². The van der Waals surface area contributed by atoms with Crippen molar-refractivity contribution < 1.29 is 14.6 Å². The Morgan fingerprint density at radius 1 is 1.11 bits per heavy atom. The molecule has 0 spiro atoms. The van der Waals surface area contributed by atoms with Crippen molar-refractivity contribution in [2.45, 2.75) is 44.6 Å². The summed E-state index contributed by atoms with van der Waals surface area (Å²) in [5.74, 6) is 0.380. The first kappa shape index (κ1) is 26.1. The molecule has 0 saturated heterocycles.